The molecule has 2 unspecified atom stereocenters. The molecule has 4 nitrogen and oxygen atoms in total. The Bertz CT molecular complexity index is 330. The normalized spacial score (nSPS) is 26.2. The molecule has 1 aromatic rings. The summed E-state index contributed by atoms with van der Waals surface area (Å²) in [5, 5.41) is 12.8. The lowest BCUT2D eigenvalue weighted by molar-refractivity contribution is 0.0752. The molecule has 0 radical (unpaired) electrons. The predicted octanol–water partition coefficient (Wildman–Crippen LogP) is 0.920. The third-order valence-electron chi connectivity index (χ3n) is 2.65. The van der Waals surface area contributed by atoms with Crippen molar-refractivity contribution in [2.24, 2.45) is 5.73 Å². The van der Waals surface area contributed by atoms with Crippen LogP contribution in [0.1, 0.15) is 6.42 Å². The van der Waals surface area contributed by atoms with Crippen LogP contribution in [0.3, 0.4) is 0 Å². The Labute approximate surface area is 89.0 Å². The first kappa shape index (κ1) is 10.3. The molecule has 4 heteroatoms. The molecule has 2 rings (SSSR count). The van der Waals surface area contributed by atoms with Crippen LogP contribution in [0.4, 0.5) is 5.69 Å². The SMILES string of the molecule is NC1COCCC1Nc1ccccc1O. The molecular formula is C11H16N2O2. The van der Waals surface area contributed by atoms with Gasteiger partial charge in [0, 0.05) is 18.7 Å². The Morgan fingerprint density at radius 3 is 2.93 bits per heavy atom. The van der Waals surface area contributed by atoms with E-state index < -0.39 is 0 Å². The van der Waals surface area contributed by atoms with Gasteiger partial charge in [-0.2, -0.15) is 0 Å². The molecule has 1 fully saturated rings. The summed E-state index contributed by atoms with van der Waals surface area (Å²) in [6, 6.07) is 7.34. The van der Waals surface area contributed by atoms with E-state index in [-0.39, 0.29) is 17.8 Å². The Balaban J connectivity index is 2.04. The van der Waals surface area contributed by atoms with Crippen molar-refractivity contribution in [2.75, 3.05) is 18.5 Å². The van der Waals surface area contributed by atoms with Crippen LogP contribution in [-0.2, 0) is 4.74 Å². The van der Waals surface area contributed by atoms with Gasteiger partial charge in [-0.1, -0.05) is 12.1 Å². The van der Waals surface area contributed by atoms with Gasteiger partial charge in [-0.3, -0.25) is 0 Å². The van der Waals surface area contributed by atoms with Crippen LogP contribution in [-0.4, -0.2) is 30.4 Å². The number of para-hydroxylation sites is 2. The molecule has 1 heterocycles. The van der Waals surface area contributed by atoms with E-state index in [0.29, 0.717) is 6.61 Å². The van der Waals surface area contributed by atoms with Crippen LogP contribution in [0, 0.1) is 0 Å². The van der Waals surface area contributed by atoms with E-state index in [2.05, 4.69) is 5.32 Å². The Kier molecular flexibility index (Phi) is 3.08. The Morgan fingerprint density at radius 2 is 2.20 bits per heavy atom. The number of benzene rings is 1. The average Bonchev–Trinajstić information content (AvgIpc) is 2.24. The van der Waals surface area contributed by atoms with Crippen LogP contribution in [0.15, 0.2) is 24.3 Å². The van der Waals surface area contributed by atoms with Gasteiger partial charge in [0.15, 0.2) is 0 Å². The third-order valence-corrected chi connectivity index (χ3v) is 2.65. The van der Waals surface area contributed by atoms with Crippen LogP contribution in [0.5, 0.6) is 5.75 Å². The zero-order chi connectivity index (χ0) is 10.7. The number of hydrogen-bond donors (Lipinski definition) is 3. The van der Waals surface area contributed by atoms with Gasteiger partial charge < -0.3 is 20.9 Å². The van der Waals surface area contributed by atoms with Crippen molar-refractivity contribution in [2.45, 2.75) is 18.5 Å². The van der Waals surface area contributed by atoms with Crippen molar-refractivity contribution in [3.8, 4) is 5.75 Å². The minimum absolute atomic E-state index is 0.0154. The van der Waals surface area contributed by atoms with Gasteiger partial charge in [-0.05, 0) is 18.6 Å². The van der Waals surface area contributed by atoms with Crippen LogP contribution < -0.4 is 11.1 Å². The molecule has 0 aromatic heterocycles. The molecule has 1 aliphatic heterocycles. The molecule has 15 heavy (non-hydrogen) atoms. The van der Waals surface area contributed by atoms with Crippen molar-refractivity contribution < 1.29 is 9.84 Å². The fourth-order valence-electron chi connectivity index (χ4n) is 1.73. The first-order chi connectivity index (χ1) is 7.27. The number of hydrogen-bond acceptors (Lipinski definition) is 4. The molecule has 0 amide bonds. The van der Waals surface area contributed by atoms with Gasteiger partial charge in [-0.15, -0.1) is 0 Å². The van der Waals surface area contributed by atoms with Crippen molar-refractivity contribution in [1.29, 1.82) is 0 Å². The maximum Gasteiger partial charge on any atom is 0.138 e. The van der Waals surface area contributed by atoms with E-state index in [1.165, 1.54) is 0 Å². The van der Waals surface area contributed by atoms with Gasteiger partial charge in [-0.25, -0.2) is 0 Å². The maximum atomic E-state index is 9.59. The van der Waals surface area contributed by atoms with Gasteiger partial charge in [0.1, 0.15) is 5.75 Å². The zero-order valence-corrected chi connectivity index (χ0v) is 8.52. The summed E-state index contributed by atoms with van der Waals surface area (Å²) in [5.74, 6) is 0.260. The van der Waals surface area contributed by atoms with Gasteiger partial charge >= 0.3 is 0 Å². The molecule has 82 valence electrons. The minimum Gasteiger partial charge on any atom is -0.506 e. The highest BCUT2D eigenvalue weighted by Gasteiger charge is 2.22. The highest BCUT2D eigenvalue weighted by molar-refractivity contribution is 5.56. The molecule has 0 saturated carbocycles. The molecule has 1 aromatic carbocycles. The van der Waals surface area contributed by atoms with E-state index in [0.717, 1.165) is 18.7 Å². The smallest absolute Gasteiger partial charge is 0.138 e. The molecule has 4 N–H and O–H groups in total. The largest absolute Gasteiger partial charge is 0.506 e. The first-order valence-corrected chi connectivity index (χ1v) is 5.15. The third kappa shape index (κ3) is 2.40. The second-order valence-corrected chi connectivity index (χ2v) is 3.80. The lowest BCUT2D eigenvalue weighted by atomic mass is 10.0. The first-order valence-electron chi connectivity index (χ1n) is 5.15. The molecule has 0 spiro atoms. The van der Waals surface area contributed by atoms with Crippen molar-refractivity contribution in [3.63, 3.8) is 0 Å². The van der Waals surface area contributed by atoms with Crippen LogP contribution in [0.2, 0.25) is 0 Å². The van der Waals surface area contributed by atoms with E-state index in [1.807, 2.05) is 12.1 Å². The van der Waals surface area contributed by atoms with Crippen molar-refractivity contribution in [3.05, 3.63) is 24.3 Å². The highest BCUT2D eigenvalue weighted by atomic mass is 16.5. The molecular weight excluding hydrogens is 192 g/mol. The quantitative estimate of drug-likeness (QED) is 0.632. The van der Waals surface area contributed by atoms with Crippen LogP contribution in [0.25, 0.3) is 0 Å². The molecule has 2 atom stereocenters. The summed E-state index contributed by atoms with van der Waals surface area (Å²) in [7, 11) is 0. The predicted molar refractivity (Wildman–Crippen MR) is 58.9 cm³/mol. The second-order valence-electron chi connectivity index (χ2n) is 3.80. The monoisotopic (exact) mass is 208 g/mol. The second kappa shape index (κ2) is 4.51. The zero-order valence-electron chi connectivity index (χ0n) is 8.52. The molecule has 1 saturated heterocycles. The van der Waals surface area contributed by atoms with E-state index >= 15 is 0 Å². The van der Waals surface area contributed by atoms with Gasteiger partial charge in [0.05, 0.1) is 12.3 Å². The number of ether oxygens (including phenoxy) is 1. The lowest BCUT2D eigenvalue weighted by Crippen LogP contribution is -2.47. The summed E-state index contributed by atoms with van der Waals surface area (Å²) in [4.78, 5) is 0. The Hall–Kier alpha value is -1.26. The summed E-state index contributed by atoms with van der Waals surface area (Å²) in [5.41, 5.74) is 6.64. The molecule has 0 aliphatic carbocycles. The number of phenolic OH excluding ortho intramolecular Hbond substituents is 1. The summed E-state index contributed by atoms with van der Waals surface area (Å²) in [6.45, 7) is 1.30. The number of aromatic hydroxyl groups is 1. The Morgan fingerprint density at radius 1 is 1.40 bits per heavy atom. The number of nitrogens with two attached hydrogens (primary N) is 1. The van der Waals surface area contributed by atoms with Gasteiger partial charge in [0.2, 0.25) is 0 Å². The topological polar surface area (TPSA) is 67.5 Å². The maximum absolute atomic E-state index is 9.59. The average molecular weight is 208 g/mol. The highest BCUT2D eigenvalue weighted by Crippen LogP contribution is 2.24. The fourth-order valence-corrected chi connectivity index (χ4v) is 1.73. The van der Waals surface area contributed by atoms with E-state index in [4.69, 9.17) is 10.5 Å². The molecule has 0 bridgehead atoms. The summed E-state index contributed by atoms with van der Waals surface area (Å²) in [6.07, 6.45) is 0.871. The lowest BCUT2D eigenvalue weighted by Gasteiger charge is -2.30. The minimum atomic E-state index is -0.0154. The van der Waals surface area contributed by atoms with Crippen molar-refractivity contribution >= 4 is 5.69 Å². The number of rotatable bonds is 2. The van der Waals surface area contributed by atoms with E-state index in [1.54, 1.807) is 12.1 Å². The van der Waals surface area contributed by atoms with E-state index in [9.17, 15) is 5.11 Å². The number of nitrogens with one attached hydrogen (secondary N) is 1. The fraction of sp³-hybridized carbons (Fsp3) is 0.455. The van der Waals surface area contributed by atoms with Crippen molar-refractivity contribution in [1.82, 2.24) is 0 Å². The summed E-state index contributed by atoms with van der Waals surface area (Å²) >= 11 is 0. The number of anilines is 1. The van der Waals surface area contributed by atoms with Gasteiger partial charge in [0.25, 0.3) is 0 Å². The summed E-state index contributed by atoms with van der Waals surface area (Å²) < 4.78 is 5.25. The molecule has 1 aliphatic rings. The van der Waals surface area contributed by atoms with Crippen LogP contribution >= 0.6 is 0 Å². The number of phenols is 1. The standard InChI is InChI=1S/C11H16N2O2/c12-8-7-15-6-5-9(8)13-10-3-1-2-4-11(10)14/h1-4,8-9,13-14H,5-7,12H2.